The minimum atomic E-state index is -1.08. The molecule has 3 aromatic carbocycles. The van der Waals surface area contributed by atoms with Crippen LogP contribution in [0.15, 0.2) is 78.9 Å². The summed E-state index contributed by atoms with van der Waals surface area (Å²) >= 11 is 0. The molecule has 1 aliphatic rings. The summed E-state index contributed by atoms with van der Waals surface area (Å²) in [6, 6.07) is 21.1. The van der Waals surface area contributed by atoms with Crippen molar-refractivity contribution in [2.24, 2.45) is 0 Å². The summed E-state index contributed by atoms with van der Waals surface area (Å²) in [5, 5.41) is 9.01. The van der Waals surface area contributed by atoms with Gasteiger partial charge in [0.15, 0.2) is 18.1 Å². The van der Waals surface area contributed by atoms with Crippen LogP contribution in [0.1, 0.15) is 39.1 Å². The van der Waals surface area contributed by atoms with Gasteiger partial charge in [-0.25, -0.2) is 9.59 Å². The second-order valence-electron chi connectivity index (χ2n) is 8.30. The number of carboxylic acids is 1. The largest absolute Gasteiger partial charge is 0.489 e. The molecule has 0 fully saturated rings. The van der Waals surface area contributed by atoms with Gasteiger partial charge in [0.05, 0.1) is 19.3 Å². The average Bonchev–Trinajstić information content (AvgIpc) is 3.14. The molecule has 0 spiro atoms. The van der Waals surface area contributed by atoms with Crippen LogP contribution < -0.4 is 14.4 Å². The third-order valence-corrected chi connectivity index (χ3v) is 5.88. The highest BCUT2D eigenvalue weighted by Crippen LogP contribution is 2.39. The smallest absolute Gasteiger partial charge is 0.341 e. The van der Waals surface area contributed by atoms with E-state index in [-0.39, 0.29) is 5.91 Å². The van der Waals surface area contributed by atoms with Crippen LogP contribution in [-0.4, -0.2) is 49.8 Å². The number of ether oxygens (including phenoxy) is 3. The topological polar surface area (TPSA) is 102 Å². The molecule has 0 aliphatic carbocycles. The molecule has 8 heteroatoms. The SMILES string of the molecule is COC(=O)c1cccc(N(CCC2=CCCOc3c(OCC(=O)O)cccc32)C(=O)c2ccccc2)c1. The summed E-state index contributed by atoms with van der Waals surface area (Å²) in [6.45, 7) is 0.260. The average molecular weight is 502 g/mol. The lowest BCUT2D eigenvalue weighted by Crippen LogP contribution is -2.32. The Kier molecular flexibility index (Phi) is 8.20. The Morgan fingerprint density at radius 1 is 0.973 bits per heavy atom. The summed E-state index contributed by atoms with van der Waals surface area (Å²) in [7, 11) is 1.31. The summed E-state index contributed by atoms with van der Waals surface area (Å²) in [4.78, 5) is 38.4. The molecule has 0 unspecified atom stereocenters. The molecular formula is C29H27NO7. The van der Waals surface area contributed by atoms with Crippen molar-refractivity contribution >= 4 is 29.1 Å². The number of hydrogen-bond acceptors (Lipinski definition) is 6. The van der Waals surface area contributed by atoms with Crippen LogP contribution in [0.2, 0.25) is 0 Å². The molecule has 0 radical (unpaired) electrons. The number of anilines is 1. The lowest BCUT2D eigenvalue weighted by Gasteiger charge is -2.24. The molecule has 0 bridgehead atoms. The van der Waals surface area contributed by atoms with E-state index >= 15 is 0 Å². The van der Waals surface area contributed by atoms with E-state index in [2.05, 4.69) is 6.08 Å². The number of methoxy groups -OCH3 is 1. The number of benzene rings is 3. The Bertz CT molecular complexity index is 1320. The zero-order valence-corrected chi connectivity index (χ0v) is 20.4. The Balaban J connectivity index is 1.65. The quantitative estimate of drug-likeness (QED) is 0.419. The van der Waals surface area contributed by atoms with E-state index in [1.54, 1.807) is 65.6 Å². The number of carbonyl (C=O) groups excluding carboxylic acids is 2. The first kappa shape index (κ1) is 25.5. The molecule has 1 amide bonds. The van der Waals surface area contributed by atoms with Crippen molar-refractivity contribution in [3.05, 3.63) is 95.6 Å². The molecular weight excluding hydrogens is 474 g/mol. The van der Waals surface area contributed by atoms with Gasteiger partial charge in [-0.3, -0.25) is 4.79 Å². The molecule has 1 heterocycles. The van der Waals surface area contributed by atoms with E-state index in [4.69, 9.17) is 19.3 Å². The highest BCUT2D eigenvalue weighted by molar-refractivity contribution is 6.06. The van der Waals surface area contributed by atoms with Crippen LogP contribution in [-0.2, 0) is 9.53 Å². The Morgan fingerprint density at radius 3 is 2.49 bits per heavy atom. The van der Waals surface area contributed by atoms with Gasteiger partial charge in [-0.1, -0.05) is 42.5 Å². The van der Waals surface area contributed by atoms with E-state index in [9.17, 15) is 14.4 Å². The highest BCUT2D eigenvalue weighted by Gasteiger charge is 2.22. The number of aliphatic carboxylic acids is 1. The van der Waals surface area contributed by atoms with Crippen molar-refractivity contribution in [2.45, 2.75) is 12.8 Å². The lowest BCUT2D eigenvalue weighted by molar-refractivity contribution is -0.139. The van der Waals surface area contributed by atoms with Crippen molar-refractivity contribution in [1.82, 2.24) is 0 Å². The van der Waals surface area contributed by atoms with Crippen LogP contribution in [0.25, 0.3) is 5.57 Å². The minimum absolute atomic E-state index is 0.202. The molecule has 8 nitrogen and oxygen atoms in total. The highest BCUT2D eigenvalue weighted by atomic mass is 16.5. The fraction of sp³-hybridized carbons (Fsp3) is 0.207. The van der Waals surface area contributed by atoms with Gasteiger partial charge >= 0.3 is 11.9 Å². The van der Waals surface area contributed by atoms with E-state index < -0.39 is 18.5 Å². The number of para-hydroxylation sites is 1. The van der Waals surface area contributed by atoms with Crippen molar-refractivity contribution in [3.63, 3.8) is 0 Å². The fourth-order valence-corrected chi connectivity index (χ4v) is 4.15. The van der Waals surface area contributed by atoms with Gasteiger partial charge < -0.3 is 24.2 Å². The number of amides is 1. The number of rotatable bonds is 9. The molecule has 190 valence electrons. The molecule has 37 heavy (non-hydrogen) atoms. The zero-order chi connectivity index (χ0) is 26.2. The number of nitrogens with zero attached hydrogens (tertiary/aromatic N) is 1. The van der Waals surface area contributed by atoms with Crippen molar-refractivity contribution in [3.8, 4) is 11.5 Å². The Labute approximate surface area is 214 Å². The summed E-state index contributed by atoms with van der Waals surface area (Å²) in [5.41, 5.74) is 3.17. The van der Waals surface area contributed by atoms with E-state index in [1.807, 2.05) is 12.1 Å². The van der Waals surface area contributed by atoms with Crippen LogP contribution in [0.4, 0.5) is 5.69 Å². The van der Waals surface area contributed by atoms with Crippen LogP contribution in [0.3, 0.4) is 0 Å². The van der Waals surface area contributed by atoms with E-state index in [0.29, 0.717) is 54.3 Å². The van der Waals surface area contributed by atoms with E-state index in [1.165, 1.54) is 7.11 Å². The zero-order valence-electron chi connectivity index (χ0n) is 20.4. The number of hydrogen-bond donors (Lipinski definition) is 1. The number of carbonyl (C=O) groups is 3. The van der Waals surface area contributed by atoms with Gasteiger partial charge in [0.1, 0.15) is 0 Å². The summed E-state index contributed by atoms with van der Waals surface area (Å²) in [5.74, 6) is -0.921. The van der Waals surface area contributed by atoms with Gasteiger partial charge in [0, 0.05) is 29.8 Å². The minimum Gasteiger partial charge on any atom is -0.489 e. The van der Waals surface area contributed by atoms with Crippen molar-refractivity contribution in [1.29, 1.82) is 0 Å². The maximum absolute atomic E-state index is 13.6. The first-order valence-corrected chi connectivity index (χ1v) is 11.8. The van der Waals surface area contributed by atoms with Gasteiger partial charge in [0.2, 0.25) is 0 Å². The fourth-order valence-electron chi connectivity index (χ4n) is 4.15. The van der Waals surface area contributed by atoms with Crippen molar-refractivity contribution < 1.29 is 33.7 Å². The number of esters is 1. The Morgan fingerprint density at radius 2 is 1.73 bits per heavy atom. The number of fused-ring (bicyclic) bond motifs is 1. The number of carboxylic acid groups (broad SMARTS) is 1. The van der Waals surface area contributed by atoms with Crippen LogP contribution >= 0.6 is 0 Å². The van der Waals surface area contributed by atoms with Gasteiger partial charge in [0.25, 0.3) is 5.91 Å². The van der Waals surface area contributed by atoms with E-state index in [0.717, 1.165) is 11.1 Å². The second-order valence-corrected chi connectivity index (χ2v) is 8.30. The molecule has 0 aromatic heterocycles. The normalized spacial score (nSPS) is 12.3. The molecule has 1 aliphatic heterocycles. The molecule has 0 saturated heterocycles. The predicted molar refractivity (Wildman–Crippen MR) is 138 cm³/mol. The second kappa shape index (κ2) is 11.9. The standard InChI is InChI=1S/C29H27NO7/c1-35-29(34)22-10-5-12-23(18-22)30(28(33)21-8-3-2-4-9-21)16-15-20-11-7-17-36-27-24(20)13-6-14-25(27)37-19-26(31)32/h2-6,8-14,18H,7,15-17,19H2,1H3,(H,31,32). The van der Waals surface area contributed by atoms with Crippen LogP contribution in [0, 0.1) is 0 Å². The third kappa shape index (κ3) is 6.16. The monoisotopic (exact) mass is 501 g/mol. The summed E-state index contributed by atoms with van der Waals surface area (Å²) < 4.78 is 16.2. The maximum Gasteiger partial charge on any atom is 0.341 e. The van der Waals surface area contributed by atoms with Gasteiger partial charge in [-0.15, -0.1) is 0 Å². The predicted octanol–water partition coefficient (Wildman–Crippen LogP) is 4.84. The molecule has 1 N–H and O–H groups in total. The van der Waals surface area contributed by atoms with Gasteiger partial charge in [-0.2, -0.15) is 0 Å². The molecule has 4 rings (SSSR count). The van der Waals surface area contributed by atoms with Crippen LogP contribution in [0.5, 0.6) is 11.5 Å². The third-order valence-electron chi connectivity index (χ3n) is 5.88. The molecule has 0 saturated carbocycles. The summed E-state index contributed by atoms with van der Waals surface area (Å²) in [6.07, 6.45) is 3.19. The first-order valence-electron chi connectivity index (χ1n) is 11.8. The van der Waals surface area contributed by atoms with Crippen molar-refractivity contribution in [2.75, 3.05) is 31.8 Å². The molecule has 3 aromatic rings. The van der Waals surface area contributed by atoms with Gasteiger partial charge in [-0.05, 0) is 48.4 Å². The first-order chi connectivity index (χ1) is 18.0. The maximum atomic E-state index is 13.6. The Hall–Kier alpha value is -4.59. The lowest BCUT2D eigenvalue weighted by atomic mass is 10.00. The molecule has 0 atom stereocenters.